The van der Waals surface area contributed by atoms with Crippen molar-refractivity contribution in [2.45, 2.75) is 10.4 Å². The zero-order valence-corrected chi connectivity index (χ0v) is 20.2. The molecular formula is C20H16ClF3N2O8S2. The van der Waals surface area contributed by atoms with Gasteiger partial charge in [0.15, 0.2) is 0 Å². The van der Waals surface area contributed by atoms with Crippen LogP contribution in [-0.4, -0.2) is 49.0 Å². The average Bonchev–Trinajstić information content (AvgIpc) is 3.15. The number of benzene rings is 2. The van der Waals surface area contributed by atoms with E-state index < -0.39 is 33.9 Å². The van der Waals surface area contributed by atoms with E-state index in [1.807, 2.05) is 0 Å². The van der Waals surface area contributed by atoms with Gasteiger partial charge in [-0.1, -0.05) is 17.7 Å². The highest BCUT2D eigenvalue weighted by Crippen LogP contribution is 2.40. The Morgan fingerprint density at radius 1 is 1.11 bits per heavy atom. The summed E-state index contributed by atoms with van der Waals surface area (Å²) in [6, 6.07) is 9.74. The van der Waals surface area contributed by atoms with Gasteiger partial charge in [-0.05, 0) is 35.9 Å². The standard InChI is InChI=1S/C18H15ClN2O6S2.C2HF3O2/c1-27-15-5-2-9(6-13(15)20)12-8-16(28-17(12)19)29(25,26)21-10-3-4-11(18(23)24)14(22)7-10;3-2(4,5)1(6)7/h2-8,21-22H,20H2,1H3,(H,23,24);(H,6,7). The minimum atomic E-state index is -5.08. The van der Waals surface area contributed by atoms with Gasteiger partial charge < -0.3 is 25.8 Å². The maximum atomic E-state index is 12.7. The van der Waals surface area contributed by atoms with Gasteiger partial charge in [-0.25, -0.2) is 18.0 Å². The Balaban J connectivity index is 0.000000572. The van der Waals surface area contributed by atoms with Gasteiger partial charge in [0, 0.05) is 11.6 Å². The molecule has 0 saturated heterocycles. The van der Waals surface area contributed by atoms with E-state index in [4.69, 9.17) is 37.1 Å². The summed E-state index contributed by atoms with van der Waals surface area (Å²) in [5.74, 6) is -4.16. The average molecular weight is 569 g/mol. The van der Waals surface area contributed by atoms with Crippen LogP contribution in [-0.2, 0) is 14.8 Å². The molecule has 6 N–H and O–H groups in total. The predicted octanol–water partition coefficient (Wildman–Crippen LogP) is 4.50. The van der Waals surface area contributed by atoms with Crippen LogP contribution in [0.25, 0.3) is 11.1 Å². The zero-order valence-electron chi connectivity index (χ0n) is 17.8. The molecule has 3 aromatic rings. The summed E-state index contributed by atoms with van der Waals surface area (Å²) in [6.07, 6.45) is -5.08. The van der Waals surface area contributed by atoms with Crippen molar-refractivity contribution in [3.05, 3.63) is 52.4 Å². The van der Waals surface area contributed by atoms with Gasteiger partial charge in [-0.3, -0.25) is 4.72 Å². The lowest BCUT2D eigenvalue weighted by Crippen LogP contribution is -2.21. The maximum absolute atomic E-state index is 12.7. The lowest BCUT2D eigenvalue weighted by molar-refractivity contribution is -0.192. The molecule has 3 rings (SSSR count). The lowest BCUT2D eigenvalue weighted by Gasteiger charge is -2.08. The fourth-order valence-corrected chi connectivity index (χ4v) is 5.38. The Hall–Kier alpha value is -3.69. The number of aromatic hydroxyl groups is 1. The molecule has 0 saturated carbocycles. The number of nitrogens with two attached hydrogens (primary N) is 1. The van der Waals surface area contributed by atoms with Gasteiger partial charge in [0.05, 0.1) is 18.5 Å². The number of thiophene rings is 1. The summed E-state index contributed by atoms with van der Waals surface area (Å²) in [7, 11) is -2.54. The summed E-state index contributed by atoms with van der Waals surface area (Å²) >= 11 is 7.09. The first kappa shape index (κ1) is 28.5. The van der Waals surface area contributed by atoms with Crippen LogP contribution in [0, 0.1) is 0 Å². The molecule has 0 aliphatic rings. The Labute approximate surface area is 210 Å². The van der Waals surface area contributed by atoms with E-state index in [1.165, 1.54) is 19.2 Å². The SMILES string of the molecule is COc1ccc(-c2cc(S(=O)(=O)Nc3ccc(C(=O)O)c(O)c3)sc2Cl)cc1N.O=C(O)C(F)(F)F. The van der Waals surface area contributed by atoms with E-state index in [1.54, 1.807) is 18.2 Å². The minimum Gasteiger partial charge on any atom is -0.507 e. The number of carbonyl (C=O) groups is 2. The molecule has 2 aromatic carbocycles. The fourth-order valence-electron chi connectivity index (χ4n) is 2.56. The molecule has 1 aromatic heterocycles. The Bertz CT molecular complexity index is 1410. The predicted molar refractivity (Wildman–Crippen MR) is 125 cm³/mol. The lowest BCUT2D eigenvalue weighted by atomic mass is 10.1. The number of carboxylic acid groups (broad SMARTS) is 2. The molecule has 16 heteroatoms. The van der Waals surface area contributed by atoms with E-state index in [0.717, 1.165) is 23.5 Å². The number of carboxylic acids is 2. The smallest absolute Gasteiger partial charge is 0.490 e. The molecule has 36 heavy (non-hydrogen) atoms. The van der Waals surface area contributed by atoms with Crippen molar-refractivity contribution >= 4 is 56.3 Å². The number of aromatic carboxylic acids is 1. The van der Waals surface area contributed by atoms with Crippen LogP contribution in [0.5, 0.6) is 11.5 Å². The quantitative estimate of drug-likeness (QED) is 0.268. The van der Waals surface area contributed by atoms with Crippen molar-refractivity contribution in [1.29, 1.82) is 0 Å². The highest BCUT2D eigenvalue weighted by atomic mass is 35.5. The first-order chi connectivity index (χ1) is 16.6. The van der Waals surface area contributed by atoms with E-state index in [2.05, 4.69) is 4.72 Å². The van der Waals surface area contributed by atoms with E-state index in [0.29, 0.717) is 22.6 Å². The number of ether oxygens (including phenoxy) is 1. The van der Waals surface area contributed by atoms with E-state index in [9.17, 15) is 31.5 Å². The number of phenols is 1. The molecule has 0 bridgehead atoms. The molecule has 10 nitrogen and oxygen atoms in total. The summed E-state index contributed by atoms with van der Waals surface area (Å²) in [5, 5.41) is 25.8. The molecule has 0 aliphatic carbocycles. The van der Waals surface area contributed by atoms with Gasteiger partial charge in [0.1, 0.15) is 25.6 Å². The number of rotatable bonds is 6. The van der Waals surface area contributed by atoms with Crippen LogP contribution in [0.3, 0.4) is 0 Å². The van der Waals surface area contributed by atoms with Crippen LogP contribution < -0.4 is 15.2 Å². The minimum absolute atomic E-state index is 0.00673. The number of hydrogen-bond donors (Lipinski definition) is 5. The molecule has 0 amide bonds. The molecule has 0 atom stereocenters. The first-order valence-electron chi connectivity index (χ1n) is 9.19. The fraction of sp³-hybridized carbons (Fsp3) is 0.100. The third kappa shape index (κ3) is 6.93. The molecular weight excluding hydrogens is 553 g/mol. The molecule has 0 radical (unpaired) electrons. The molecule has 0 aliphatic heterocycles. The van der Waals surface area contributed by atoms with Crippen LogP contribution in [0.15, 0.2) is 46.7 Å². The number of halogens is 4. The van der Waals surface area contributed by atoms with Crippen LogP contribution >= 0.6 is 22.9 Å². The van der Waals surface area contributed by atoms with Gasteiger partial charge in [-0.2, -0.15) is 13.2 Å². The number of methoxy groups -OCH3 is 1. The molecule has 1 heterocycles. The Kier molecular flexibility index (Phi) is 8.66. The number of nitrogen functional groups attached to an aromatic ring is 1. The number of anilines is 2. The topological polar surface area (TPSA) is 176 Å². The van der Waals surface area contributed by atoms with Crippen LogP contribution in [0.2, 0.25) is 4.34 Å². The summed E-state index contributed by atoms with van der Waals surface area (Å²) in [6.45, 7) is 0. The number of sulfonamides is 1. The zero-order chi connectivity index (χ0) is 27.4. The summed E-state index contributed by atoms with van der Waals surface area (Å²) in [4.78, 5) is 19.8. The number of nitrogens with one attached hydrogen (secondary N) is 1. The number of aliphatic carboxylic acids is 1. The molecule has 0 fully saturated rings. The normalized spacial score (nSPS) is 11.2. The number of alkyl halides is 3. The van der Waals surface area contributed by atoms with Gasteiger partial charge in [-0.15, -0.1) is 11.3 Å². The van der Waals surface area contributed by atoms with E-state index >= 15 is 0 Å². The Morgan fingerprint density at radius 2 is 1.72 bits per heavy atom. The highest BCUT2D eigenvalue weighted by molar-refractivity contribution is 7.94. The monoisotopic (exact) mass is 568 g/mol. The van der Waals surface area contributed by atoms with Crippen molar-refractivity contribution in [2.24, 2.45) is 0 Å². The van der Waals surface area contributed by atoms with Crippen molar-refractivity contribution < 1.29 is 51.2 Å². The molecule has 0 unspecified atom stereocenters. The summed E-state index contributed by atoms with van der Waals surface area (Å²) < 4.78 is 64.7. The van der Waals surface area contributed by atoms with Crippen LogP contribution in [0.1, 0.15) is 10.4 Å². The van der Waals surface area contributed by atoms with Crippen molar-refractivity contribution in [1.82, 2.24) is 0 Å². The van der Waals surface area contributed by atoms with Crippen molar-refractivity contribution in [3.8, 4) is 22.6 Å². The van der Waals surface area contributed by atoms with E-state index in [-0.39, 0.29) is 19.8 Å². The van der Waals surface area contributed by atoms with Crippen molar-refractivity contribution in [2.75, 3.05) is 17.6 Å². The first-order valence-corrected chi connectivity index (χ1v) is 11.9. The molecule has 0 spiro atoms. The second kappa shape index (κ2) is 10.9. The number of hydrogen-bond acceptors (Lipinski definition) is 8. The van der Waals surface area contributed by atoms with Gasteiger partial charge >= 0.3 is 18.1 Å². The largest absolute Gasteiger partial charge is 0.507 e. The summed E-state index contributed by atoms with van der Waals surface area (Å²) in [5.41, 5.74) is 7.05. The van der Waals surface area contributed by atoms with Gasteiger partial charge in [0.25, 0.3) is 10.0 Å². The second-order valence-corrected chi connectivity index (χ2v) is 10.2. The molecule has 194 valence electrons. The maximum Gasteiger partial charge on any atom is 0.490 e. The third-order valence-corrected chi connectivity index (χ3v) is 7.41. The third-order valence-electron chi connectivity index (χ3n) is 4.19. The van der Waals surface area contributed by atoms with Crippen molar-refractivity contribution in [3.63, 3.8) is 0 Å². The highest BCUT2D eigenvalue weighted by Gasteiger charge is 2.38. The second-order valence-electron chi connectivity index (χ2n) is 6.66. The van der Waals surface area contributed by atoms with Gasteiger partial charge in [0.2, 0.25) is 0 Å². The van der Waals surface area contributed by atoms with Crippen LogP contribution in [0.4, 0.5) is 24.5 Å². The Morgan fingerprint density at radius 3 is 2.19 bits per heavy atom.